The average Bonchev–Trinajstić information content (AvgIpc) is 2.90. The lowest BCUT2D eigenvalue weighted by atomic mass is 10.2. The second kappa shape index (κ2) is 6.31. The van der Waals surface area contributed by atoms with E-state index in [1.54, 1.807) is 0 Å². The van der Waals surface area contributed by atoms with Crippen LogP contribution in [-0.4, -0.2) is 26.7 Å². The van der Waals surface area contributed by atoms with Crippen molar-refractivity contribution in [2.24, 2.45) is 0 Å². The summed E-state index contributed by atoms with van der Waals surface area (Å²) in [6.45, 7) is 1.06. The summed E-state index contributed by atoms with van der Waals surface area (Å²) >= 11 is 0. The first-order chi connectivity index (χ1) is 11.9. The van der Waals surface area contributed by atoms with E-state index in [4.69, 9.17) is 4.74 Å². The number of rotatable bonds is 5. The molecule has 0 saturated heterocycles. The van der Waals surface area contributed by atoms with Gasteiger partial charge < -0.3 is 9.84 Å². The number of carbonyl (C=O) groups is 2. The zero-order valence-corrected chi connectivity index (χ0v) is 13.0. The Labute approximate surface area is 140 Å². The Hall–Kier alpha value is -3.29. The van der Waals surface area contributed by atoms with Gasteiger partial charge in [-0.2, -0.15) is 0 Å². The van der Waals surface area contributed by atoms with E-state index in [1.807, 2.05) is 0 Å². The van der Waals surface area contributed by atoms with E-state index in [9.17, 15) is 23.5 Å². The van der Waals surface area contributed by atoms with Crippen LogP contribution in [0.25, 0.3) is 5.65 Å². The Morgan fingerprint density at radius 1 is 1.36 bits per heavy atom. The van der Waals surface area contributed by atoms with Crippen molar-refractivity contribution >= 4 is 17.9 Å². The average molecular weight is 346 g/mol. The van der Waals surface area contributed by atoms with Crippen LogP contribution >= 0.6 is 0 Å². The van der Waals surface area contributed by atoms with Crippen LogP contribution in [0.5, 0.6) is 5.75 Å². The molecular weight excluding hydrogens is 334 g/mol. The number of imidazole rings is 1. The zero-order chi connectivity index (χ0) is 18.1. The van der Waals surface area contributed by atoms with Crippen molar-refractivity contribution in [2.75, 3.05) is 0 Å². The molecule has 0 saturated carbocycles. The van der Waals surface area contributed by atoms with E-state index in [2.05, 4.69) is 4.98 Å². The van der Waals surface area contributed by atoms with Crippen LogP contribution in [0.1, 0.15) is 32.1 Å². The molecule has 0 unspecified atom stereocenters. The van der Waals surface area contributed by atoms with Gasteiger partial charge in [-0.25, -0.2) is 18.6 Å². The van der Waals surface area contributed by atoms with Gasteiger partial charge in [0.15, 0.2) is 23.4 Å². The van der Waals surface area contributed by atoms with Gasteiger partial charge in [-0.05, 0) is 25.1 Å². The molecule has 0 aliphatic rings. The van der Waals surface area contributed by atoms with Gasteiger partial charge in [0.25, 0.3) is 0 Å². The van der Waals surface area contributed by atoms with Crippen LogP contribution in [0.3, 0.4) is 0 Å². The van der Waals surface area contributed by atoms with Crippen molar-refractivity contribution in [3.05, 3.63) is 64.6 Å². The van der Waals surface area contributed by atoms with Crippen molar-refractivity contribution in [1.82, 2.24) is 9.38 Å². The number of pyridine rings is 1. The highest BCUT2D eigenvalue weighted by Crippen LogP contribution is 2.25. The number of halogens is 2. The van der Waals surface area contributed by atoms with Crippen molar-refractivity contribution in [2.45, 2.75) is 13.5 Å². The second-order valence-corrected chi connectivity index (χ2v) is 5.29. The lowest BCUT2D eigenvalue weighted by Crippen LogP contribution is -2.06. The maximum Gasteiger partial charge on any atom is 0.354 e. The van der Waals surface area contributed by atoms with Crippen LogP contribution in [0.2, 0.25) is 0 Å². The third-order valence-electron chi connectivity index (χ3n) is 3.65. The fourth-order valence-electron chi connectivity index (χ4n) is 2.50. The number of aromatic nitrogens is 2. The predicted octanol–water partition coefficient (Wildman–Crippen LogP) is 3.01. The first-order valence-electron chi connectivity index (χ1n) is 7.19. The molecule has 0 aliphatic heterocycles. The number of fused-ring (bicyclic) bond motifs is 1. The number of carbonyl (C=O) groups excluding carboxylic acids is 1. The Morgan fingerprint density at radius 3 is 2.64 bits per heavy atom. The van der Waals surface area contributed by atoms with Crippen LogP contribution in [0.4, 0.5) is 8.78 Å². The van der Waals surface area contributed by atoms with Crippen LogP contribution in [-0.2, 0) is 6.61 Å². The van der Waals surface area contributed by atoms with E-state index < -0.39 is 24.2 Å². The fraction of sp³-hybridized carbons (Fsp3) is 0.118. The molecule has 0 spiro atoms. The van der Waals surface area contributed by atoms with Crippen LogP contribution in [0.15, 0.2) is 30.5 Å². The number of aldehydes is 1. The molecule has 0 bridgehead atoms. The summed E-state index contributed by atoms with van der Waals surface area (Å²) in [6, 6.07) is 4.76. The van der Waals surface area contributed by atoms with Crippen molar-refractivity contribution in [3.63, 3.8) is 0 Å². The smallest absolute Gasteiger partial charge is 0.354 e. The molecule has 0 atom stereocenters. The fourth-order valence-corrected chi connectivity index (χ4v) is 2.50. The molecule has 3 rings (SSSR count). The third-order valence-corrected chi connectivity index (χ3v) is 3.65. The molecule has 128 valence electrons. The first kappa shape index (κ1) is 16.6. The largest absolute Gasteiger partial charge is 0.485 e. The van der Waals surface area contributed by atoms with Gasteiger partial charge in [0.05, 0.1) is 11.3 Å². The minimum atomic E-state index is -1.22. The lowest BCUT2D eigenvalue weighted by Gasteiger charge is -2.10. The topological polar surface area (TPSA) is 80.9 Å². The summed E-state index contributed by atoms with van der Waals surface area (Å²) in [5.74, 6) is -2.72. The van der Waals surface area contributed by atoms with E-state index in [0.717, 1.165) is 12.1 Å². The maximum absolute atomic E-state index is 13.7. The van der Waals surface area contributed by atoms with E-state index in [-0.39, 0.29) is 33.9 Å². The molecule has 0 radical (unpaired) electrons. The number of aryl methyl sites for hydroxylation is 1. The monoisotopic (exact) mass is 346 g/mol. The van der Waals surface area contributed by atoms with Gasteiger partial charge in [0.2, 0.25) is 0 Å². The number of nitrogens with zero attached hydrogens (tertiary/aromatic N) is 2. The summed E-state index contributed by atoms with van der Waals surface area (Å²) < 4.78 is 34.1. The summed E-state index contributed by atoms with van der Waals surface area (Å²) in [5, 5.41) is 9.30. The van der Waals surface area contributed by atoms with Gasteiger partial charge in [-0.15, -0.1) is 0 Å². The minimum Gasteiger partial charge on any atom is -0.485 e. The molecule has 0 aliphatic carbocycles. The lowest BCUT2D eigenvalue weighted by molar-refractivity contribution is 0.0688. The number of ether oxygens (including phenoxy) is 1. The second-order valence-electron chi connectivity index (χ2n) is 5.29. The Kier molecular flexibility index (Phi) is 4.18. The number of carboxylic acid groups (broad SMARTS) is 1. The molecule has 1 aromatic carbocycles. The van der Waals surface area contributed by atoms with Crippen molar-refractivity contribution in [3.8, 4) is 5.75 Å². The van der Waals surface area contributed by atoms with Crippen molar-refractivity contribution in [1.29, 1.82) is 0 Å². The van der Waals surface area contributed by atoms with E-state index in [0.29, 0.717) is 6.29 Å². The summed E-state index contributed by atoms with van der Waals surface area (Å²) in [5.41, 5.74) is 0.0886. The van der Waals surface area contributed by atoms with E-state index in [1.165, 1.54) is 29.7 Å². The Morgan fingerprint density at radius 2 is 2.04 bits per heavy atom. The van der Waals surface area contributed by atoms with Gasteiger partial charge in [-0.3, -0.25) is 9.20 Å². The summed E-state index contributed by atoms with van der Waals surface area (Å²) in [6.07, 6.45) is 1.82. The Bertz CT molecular complexity index is 978. The molecule has 6 nitrogen and oxygen atoms in total. The highest BCUT2D eigenvalue weighted by atomic mass is 19.1. The number of aromatic carboxylic acids is 1. The van der Waals surface area contributed by atoms with Gasteiger partial charge in [0, 0.05) is 11.8 Å². The predicted molar refractivity (Wildman–Crippen MR) is 83.0 cm³/mol. The van der Waals surface area contributed by atoms with Gasteiger partial charge in [-0.1, -0.05) is 6.07 Å². The highest BCUT2D eigenvalue weighted by Gasteiger charge is 2.20. The highest BCUT2D eigenvalue weighted by molar-refractivity contribution is 5.89. The minimum absolute atomic E-state index is 0.0443. The van der Waals surface area contributed by atoms with Gasteiger partial charge in [0.1, 0.15) is 18.2 Å². The number of carboxylic acids is 1. The number of hydrogen-bond acceptors (Lipinski definition) is 4. The SMILES string of the molecule is Cc1nc2c(OCc3c(F)cccc3F)cc(C=O)cn2c1C(=O)O. The molecule has 2 heterocycles. The molecule has 8 heteroatoms. The number of benzene rings is 1. The molecule has 0 amide bonds. The first-order valence-corrected chi connectivity index (χ1v) is 7.19. The van der Waals surface area contributed by atoms with Crippen LogP contribution < -0.4 is 4.74 Å². The van der Waals surface area contributed by atoms with E-state index >= 15 is 0 Å². The normalized spacial score (nSPS) is 10.8. The molecule has 0 fully saturated rings. The molecular formula is C17H12F2N2O4. The maximum atomic E-state index is 13.7. The van der Waals surface area contributed by atoms with Crippen LogP contribution in [0, 0.1) is 18.6 Å². The summed E-state index contributed by atoms with van der Waals surface area (Å²) in [7, 11) is 0. The molecule has 1 N–H and O–H groups in total. The molecule has 25 heavy (non-hydrogen) atoms. The third kappa shape index (κ3) is 2.93. The standard InChI is InChI=1S/C17H12F2N2O4/c1-9-15(17(23)24)21-6-10(7-22)5-14(16(21)20-9)25-8-11-12(18)3-2-4-13(11)19/h2-7H,8H2,1H3,(H,23,24). The van der Waals surface area contributed by atoms with Gasteiger partial charge >= 0.3 is 5.97 Å². The summed E-state index contributed by atoms with van der Waals surface area (Å²) in [4.78, 5) is 26.6. The molecule has 2 aromatic heterocycles. The zero-order valence-electron chi connectivity index (χ0n) is 13.0. The number of hydrogen-bond donors (Lipinski definition) is 1. The Balaban J connectivity index is 2.08. The quantitative estimate of drug-likeness (QED) is 0.718. The molecule has 3 aromatic rings. The van der Waals surface area contributed by atoms with Crippen molar-refractivity contribution < 1.29 is 28.2 Å².